The second kappa shape index (κ2) is 8.87. The highest BCUT2D eigenvalue weighted by Crippen LogP contribution is 2.23. The third-order valence-corrected chi connectivity index (χ3v) is 4.77. The Hall–Kier alpha value is -2.05. The molecule has 4 nitrogen and oxygen atoms in total. The molecular formula is C18H18ClFN2O2S. The van der Waals surface area contributed by atoms with E-state index in [1.807, 2.05) is 12.1 Å². The Labute approximate surface area is 155 Å². The van der Waals surface area contributed by atoms with Crippen LogP contribution in [0, 0.1) is 5.82 Å². The van der Waals surface area contributed by atoms with Gasteiger partial charge in [-0.3, -0.25) is 9.59 Å². The Kier molecular flexibility index (Phi) is 6.84. The summed E-state index contributed by atoms with van der Waals surface area (Å²) in [5.41, 5.74) is 1.01. The van der Waals surface area contributed by atoms with Crippen LogP contribution in [0.2, 0.25) is 5.02 Å². The molecule has 2 amide bonds. The maximum absolute atomic E-state index is 13.8. The second-order valence-electron chi connectivity index (χ2n) is 5.44. The lowest BCUT2D eigenvalue weighted by Gasteiger charge is -2.18. The number of rotatable bonds is 6. The molecule has 0 saturated carbocycles. The monoisotopic (exact) mass is 380 g/mol. The molecule has 0 radical (unpaired) electrons. The van der Waals surface area contributed by atoms with Crippen LogP contribution in [-0.2, 0) is 16.1 Å². The first kappa shape index (κ1) is 19.3. The van der Waals surface area contributed by atoms with Gasteiger partial charge >= 0.3 is 0 Å². The van der Waals surface area contributed by atoms with Crippen LogP contribution < -0.4 is 5.32 Å². The molecule has 2 aromatic carbocycles. The first-order valence-corrected chi connectivity index (χ1v) is 8.90. The van der Waals surface area contributed by atoms with Crippen molar-refractivity contribution < 1.29 is 14.0 Å². The molecule has 0 saturated heterocycles. The van der Waals surface area contributed by atoms with Gasteiger partial charge in [0.05, 0.1) is 5.75 Å². The van der Waals surface area contributed by atoms with Crippen LogP contribution in [0.4, 0.5) is 10.1 Å². The summed E-state index contributed by atoms with van der Waals surface area (Å²) in [5, 5.41) is 2.99. The molecule has 0 bridgehead atoms. The quantitative estimate of drug-likeness (QED) is 0.764. The average Bonchev–Trinajstić information content (AvgIpc) is 2.56. The van der Waals surface area contributed by atoms with E-state index in [-0.39, 0.29) is 24.1 Å². The van der Waals surface area contributed by atoms with Crippen molar-refractivity contribution >= 4 is 40.9 Å². The summed E-state index contributed by atoms with van der Waals surface area (Å²) in [6, 6.07) is 11.7. The van der Waals surface area contributed by atoms with E-state index in [9.17, 15) is 14.0 Å². The zero-order valence-corrected chi connectivity index (χ0v) is 15.5. The van der Waals surface area contributed by atoms with Gasteiger partial charge in [0.1, 0.15) is 5.82 Å². The number of anilines is 1. The Morgan fingerprint density at radius 3 is 2.48 bits per heavy atom. The van der Waals surface area contributed by atoms with E-state index in [2.05, 4.69) is 5.32 Å². The Morgan fingerprint density at radius 1 is 1.20 bits per heavy atom. The molecule has 0 atom stereocenters. The number of nitrogens with one attached hydrogen (secondary N) is 1. The lowest BCUT2D eigenvalue weighted by atomic mass is 10.2. The van der Waals surface area contributed by atoms with Gasteiger partial charge in [-0.2, -0.15) is 0 Å². The predicted molar refractivity (Wildman–Crippen MR) is 99.4 cm³/mol. The number of amides is 2. The fraction of sp³-hybridized carbons (Fsp3) is 0.222. The van der Waals surface area contributed by atoms with Crippen molar-refractivity contribution in [3.8, 4) is 0 Å². The maximum Gasteiger partial charge on any atom is 0.232 e. The Bertz CT molecular complexity index is 748. The fourth-order valence-corrected chi connectivity index (χ4v) is 3.16. The van der Waals surface area contributed by atoms with Crippen LogP contribution in [0.3, 0.4) is 0 Å². The van der Waals surface area contributed by atoms with Gasteiger partial charge in [0, 0.05) is 41.7 Å². The lowest BCUT2D eigenvalue weighted by Crippen LogP contribution is -2.28. The summed E-state index contributed by atoms with van der Waals surface area (Å²) in [5.74, 6) is -0.463. The number of carbonyl (C=O) groups excluding carboxylic acids is 2. The minimum absolute atomic E-state index is 0.117. The summed E-state index contributed by atoms with van der Waals surface area (Å²) in [7, 11) is 1.62. The summed E-state index contributed by atoms with van der Waals surface area (Å²) in [6.45, 7) is 1.56. The van der Waals surface area contributed by atoms with E-state index in [0.717, 1.165) is 4.90 Å². The first-order valence-electron chi connectivity index (χ1n) is 7.54. The average molecular weight is 381 g/mol. The van der Waals surface area contributed by atoms with Gasteiger partial charge in [0.25, 0.3) is 0 Å². The number of nitrogens with zero attached hydrogens (tertiary/aromatic N) is 1. The summed E-state index contributed by atoms with van der Waals surface area (Å²) in [6.07, 6.45) is 0. The third-order valence-electron chi connectivity index (χ3n) is 3.42. The molecule has 1 N–H and O–H groups in total. The third kappa shape index (κ3) is 5.76. The Balaban J connectivity index is 1.90. The standard InChI is InChI=1S/C18H18ClFN2O2S/c1-12(23)21-13-6-8-14(9-7-13)25-11-18(24)22(2)10-15-16(19)4-3-5-17(15)20/h3-9H,10-11H2,1-2H3,(H,21,23). The molecule has 132 valence electrons. The zero-order chi connectivity index (χ0) is 18.4. The molecule has 7 heteroatoms. The molecular weight excluding hydrogens is 363 g/mol. The van der Waals surface area contributed by atoms with Crippen molar-refractivity contribution in [3.63, 3.8) is 0 Å². The highest BCUT2D eigenvalue weighted by Gasteiger charge is 2.14. The van der Waals surface area contributed by atoms with Crippen LogP contribution in [0.25, 0.3) is 0 Å². The molecule has 0 aliphatic carbocycles. The molecule has 25 heavy (non-hydrogen) atoms. The molecule has 0 aromatic heterocycles. The van der Waals surface area contributed by atoms with Crippen LogP contribution in [-0.4, -0.2) is 29.5 Å². The minimum atomic E-state index is -0.423. The van der Waals surface area contributed by atoms with Gasteiger partial charge in [-0.15, -0.1) is 11.8 Å². The second-order valence-corrected chi connectivity index (χ2v) is 6.90. The molecule has 2 aromatic rings. The predicted octanol–water partition coefficient (Wildman–Crippen LogP) is 4.19. The van der Waals surface area contributed by atoms with E-state index in [1.165, 1.54) is 35.7 Å². The lowest BCUT2D eigenvalue weighted by molar-refractivity contribution is -0.127. The van der Waals surface area contributed by atoms with Crippen molar-refractivity contribution in [3.05, 3.63) is 58.9 Å². The number of thioether (sulfide) groups is 1. The number of hydrogen-bond donors (Lipinski definition) is 1. The van der Waals surface area contributed by atoms with Gasteiger partial charge in [-0.05, 0) is 36.4 Å². The van der Waals surface area contributed by atoms with Crippen molar-refractivity contribution in [2.24, 2.45) is 0 Å². The number of halogens is 2. The van der Waals surface area contributed by atoms with Gasteiger partial charge in [-0.25, -0.2) is 4.39 Å². The van der Waals surface area contributed by atoms with E-state index in [0.29, 0.717) is 16.3 Å². The van der Waals surface area contributed by atoms with Gasteiger partial charge in [-0.1, -0.05) is 17.7 Å². The number of hydrogen-bond acceptors (Lipinski definition) is 3. The van der Waals surface area contributed by atoms with E-state index in [4.69, 9.17) is 11.6 Å². The smallest absolute Gasteiger partial charge is 0.232 e. The highest BCUT2D eigenvalue weighted by molar-refractivity contribution is 8.00. The van der Waals surface area contributed by atoms with Crippen LogP contribution in [0.15, 0.2) is 47.4 Å². The topological polar surface area (TPSA) is 49.4 Å². The van der Waals surface area contributed by atoms with Crippen LogP contribution in [0.5, 0.6) is 0 Å². The van der Waals surface area contributed by atoms with Crippen molar-refractivity contribution in [2.45, 2.75) is 18.4 Å². The summed E-state index contributed by atoms with van der Waals surface area (Å²) >= 11 is 7.36. The van der Waals surface area contributed by atoms with Crippen LogP contribution in [0.1, 0.15) is 12.5 Å². The van der Waals surface area contributed by atoms with Gasteiger partial charge in [0.15, 0.2) is 0 Å². The highest BCUT2D eigenvalue weighted by atomic mass is 35.5. The molecule has 0 spiro atoms. The van der Waals surface area contributed by atoms with E-state index >= 15 is 0 Å². The minimum Gasteiger partial charge on any atom is -0.341 e. The molecule has 0 fully saturated rings. The first-order chi connectivity index (χ1) is 11.9. The number of carbonyl (C=O) groups is 2. The molecule has 0 unspecified atom stereocenters. The van der Waals surface area contributed by atoms with Crippen molar-refractivity contribution in [1.29, 1.82) is 0 Å². The molecule has 2 rings (SSSR count). The number of benzene rings is 2. The SMILES string of the molecule is CC(=O)Nc1ccc(SCC(=O)N(C)Cc2c(F)cccc2Cl)cc1. The molecule has 0 aliphatic heterocycles. The van der Waals surface area contributed by atoms with Gasteiger partial charge < -0.3 is 10.2 Å². The summed E-state index contributed by atoms with van der Waals surface area (Å²) < 4.78 is 13.8. The summed E-state index contributed by atoms with van der Waals surface area (Å²) in [4.78, 5) is 25.6. The van der Waals surface area contributed by atoms with E-state index in [1.54, 1.807) is 25.2 Å². The van der Waals surface area contributed by atoms with Crippen LogP contribution >= 0.6 is 23.4 Å². The van der Waals surface area contributed by atoms with Gasteiger partial charge in [0.2, 0.25) is 11.8 Å². The molecule has 0 aliphatic rings. The Morgan fingerprint density at radius 2 is 1.88 bits per heavy atom. The normalized spacial score (nSPS) is 10.4. The fourth-order valence-electron chi connectivity index (χ4n) is 2.10. The zero-order valence-electron chi connectivity index (χ0n) is 13.9. The largest absolute Gasteiger partial charge is 0.341 e. The maximum atomic E-state index is 13.8. The van der Waals surface area contributed by atoms with E-state index < -0.39 is 5.82 Å². The molecule has 0 heterocycles. The van der Waals surface area contributed by atoms with Crippen molar-refractivity contribution in [2.75, 3.05) is 18.1 Å². The van der Waals surface area contributed by atoms with Crippen molar-refractivity contribution in [1.82, 2.24) is 4.90 Å².